The number of aromatic nitrogens is 2. The molecule has 0 aliphatic heterocycles. The summed E-state index contributed by atoms with van der Waals surface area (Å²) in [5.41, 5.74) is 2.10. The Bertz CT molecular complexity index is 1510. The van der Waals surface area contributed by atoms with Gasteiger partial charge < -0.3 is 9.47 Å². The maximum Gasteiger partial charge on any atom is 0.387 e. The van der Waals surface area contributed by atoms with E-state index in [-0.39, 0.29) is 4.90 Å². The average Bonchev–Trinajstić information content (AvgIpc) is 2.89. The summed E-state index contributed by atoms with van der Waals surface area (Å²) >= 11 is 1.22. The molecule has 0 aliphatic carbocycles. The first kappa shape index (κ1) is 28.3. The summed E-state index contributed by atoms with van der Waals surface area (Å²) in [5.74, 6) is -1.45. The first-order valence-corrected chi connectivity index (χ1v) is 13.6. The Morgan fingerprint density at radius 2 is 1.54 bits per heavy atom. The van der Waals surface area contributed by atoms with Gasteiger partial charge in [-0.1, -0.05) is 30.0 Å². The fourth-order valence-electron chi connectivity index (χ4n) is 3.80. The maximum atomic E-state index is 13.0. The Labute approximate surface area is 226 Å². The monoisotopic (exact) mass is 579 g/mol. The van der Waals surface area contributed by atoms with Crippen LogP contribution in [0, 0.1) is 0 Å². The molecule has 39 heavy (non-hydrogen) atoms. The summed E-state index contributed by atoms with van der Waals surface area (Å²) in [6.45, 7) is -6.46. The zero-order chi connectivity index (χ0) is 28.0. The predicted molar refractivity (Wildman–Crippen MR) is 136 cm³/mol. The lowest BCUT2D eigenvalue weighted by Gasteiger charge is -2.20. The van der Waals surface area contributed by atoms with E-state index in [1.807, 2.05) is 0 Å². The highest BCUT2D eigenvalue weighted by molar-refractivity contribution is 7.99. The minimum atomic E-state index is -3.86. The fraction of sp³-hybridized carbons (Fsp3) is 0.154. The van der Waals surface area contributed by atoms with Crippen LogP contribution in [0.1, 0.15) is 22.6 Å². The van der Waals surface area contributed by atoms with E-state index in [0.717, 1.165) is 11.6 Å². The van der Waals surface area contributed by atoms with Gasteiger partial charge in [-0.2, -0.15) is 17.6 Å². The lowest BCUT2D eigenvalue weighted by Crippen LogP contribution is -2.11. The van der Waals surface area contributed by atoms with Crippen LogP contribution in [0.15, 0.2) is 100 Å². The summed E-state index contributed by atoms with van der Waals surface area (Å²) in [6.07, 6.45) is 5.25. The van der Waals surface area contributed by atoms with Crippen molar-refractivity contribution in [1.29, 1.82) is 0 Å². The second kappa shape index (κ2) is 12.5. The number of primary sulfonamides is 1. The molecule has 13 heteroatoms. The van der Waals surface area contributed by atoms with Crippen LogP contribution in [-0.4, -0.2) is 31.6 Å². The second-order valence-corrected chi connectivity index (χ2v) is 10.8. The fourth-order valence-corrected chi connectivity index (χ4v) is 5.25. The van der Waals surface area contributed by atoms with Gasteiger partial charge in [0.25, 0.3) is 0 Å². The van der Waals surface area contributed by atoms with E-state index >= 15 is 0 Å². The molecule has 2 heterocycles. The molecule has 0 radical (unpaired) electrons. The third-order valence-electron chi connectivity index (χ3n) is 5.51. The maximum absolute atomic E-state index is 13.0. The average molecular weight is 580 g/mol. The van der Waals surface area contributed by atoms with Crippen LogP contribution >= 0.6 is 11.8 Å². The van der Waals surface area contributed by atoms with Gasteiger partial charge in [-0.05, 0) is 71.6 Å². The predicted octanol–water partition coefficient (Wildman–Crippen LogP) is 5.85. The zero-order valence-electron chi connectivity index (χ0n) is 20.0. The molecule has 0 fully saturated rings. The highest BCUT2D eigenvalue weighted by Crippen LogP contribution is 2.37. The van der Waals surface area contributed by atoms with Crippen LogP contribution in [0.3, 0.4) is 0 Å². The van der Waals surface area contributed by atoms with Gasteiger partial charge in [-0.25, -0.2) is 18.5 Å². The molecular formula is C26H21F4N3O4S2. The normalized spacial score (nSPS) is 12.5. The van der Waals surface area contributed by atoms with Gasteiger partial charge in [0, 0.05) is 29.4 Å². The minimum Gasteiger partial charge on any atom is -0.431 e. The summed E-state index contributed by atoms with van der Waals surface area (Å²) < 4.78 is 83.8. The number of hydrogen-bond donors (Lipinski definition) is 1. The number of benzene rings is 2. The first-order chi connectivity index (χ1) is 18.6. The number of hydrogen-bond acceptors (Lipinski definition) is 7. The summed E-state index contributed by atoms with van der Waals surface area (Å²) in [6, 6.07) is 17.2. The van der Waals surface area contributed by atoms with Gasteiger partial charge in [-0.15, -0.1) is 0 Å². The Hall–Kier alpha value is -3.68. The van der Waals surface area contributed by atoms with E-state index in [1.54, 1.807) is 55.0 Å². The molecule has 0 aliphatic rings. The molecule has 0 spiro atoms. The Morgan fingerprint density at radius 3 is 2.18 bits per heavy atom. The van der Waals surface area contributed by atoms with Crippen LogP contribution in [-0.2, 0) is 16.4 Å². The number of halogens is 4. The first-order valence-electron chi connectivity index (χ1n) is 11.3. The molecular weight excluding hydrogens is 558 g/mol. The van der Waals surface area contributed by atoms with Crippen LogP contribution in [0.2, 0.25) is 0 Å². The van der Waals surface area contributed by atoms with Crippen LogP contribution in [0.25, 0.3) is 0 Å². The molecule has 0 saturated carbocycles. The van der Waals surface area contributed by atoms with Gasteiger partial charge >= 0.3 is 13.2 Å². The largest absolute Gasteiger partial charge is 0.431 e. The lowest BCUT2D eigenvalue weighted by atomic mass is 9.87. The molecule has 2 N–H and O–H groups in total. The molecule has 204 valence electrons. The van der Waals surface area contributed by atoms with E-state index < -0.39 is 40.7 Å². The van der Waals surface area contributed by atoms with Crippen LogP contribution < -0.4 is 14.6 Å². The number of ether oxygens (including phenoxy) is 2. The van der Waals surface area contributed by atoms with Crippen molar-refractivity contribution in [2.75, 3.05) is 0 Å². The van der Waals surface area contributed by atoms with Crippen molar-refractivity contribution in [2.45, 2.75) is 40.4 Å². The molecule has 7 nitrogen and oxygen atoms in total. The van der Waals surface area contributed by atoms with Crippen molar-refractivity contribution in [3.63, 3.8) is 0 Å². The van der Waals surface area contributed by atoms with E-state index in [0.29, 0.717) is 27.5 Å². The van der Waals surface area contributed by atoms with Gasteiger partial charge in [-0.3, -0.25) is 4.98 Å². The molecule has 0 amide bonds. The number of alkyl halides is 4. The van der Waals surface area contributed by atoms with Crippen LogP contribution in [0.4, 0.5) is 17.6 Å². The van der Waals surface area contributed by atoms with E-state index in [1.165, 1.54) is 36.0 Å². The third-order valence-corrected chi connectivity index (χ3v) is 7.36. The summed E-state index contributed by atoms with van der Waals surface area (Å²) in [4.78, 5) is 9.07. The smallest absolute Gasteiger partial charge is 0.387 e. The van der Waals surface area contributed by atoms with Crippen molar-refractivity contribution in [2.24, 2.45) is 5.14 Å². The molecule has 1 atom stereocenters. The molecule has 2 aromatic carbocycles. The van der Waals surface area contributed by atoms with Gasteiger partial charge in [0.05, 0.1) is 4.90 Å². The van der Waals surface area contributed by atoms with Crippen molar-refractivity contribution in [1.82, 2.24) is 9.97 Å². The highest BCUT2D eigenvalue weighted by atomic mass is 32.2. The number of nitrogens with zero attached hydrogens (tertiary/aromatic N) is 2. The molecule has 0 saturated heterocycles. The molecule has 2 aromatic heterocycles. The minimum absolute atomic E-state index is 0.0253. The SMILES string of the molecule is NS(=O)(=O)c1cccc(Sc2ccc(C(Cc3ccncc3)c3ccc(OC(F)F)c(OC(F)F)c3)cn2)c1. The van der Waals surface area contributed by atoms with Crippen molar-refractivity contribution in [3.8, 4) is 11.5 Å². The second-order valence-electron chi connectivity index (χ2n) is 8.13. The van der Waals surface area contributed by atoms with Crippen molar-refractivity contribution in [3.05, 3.63) is 102 Å². The Morgan fingerprint density at radius 1 is 0.846 bits per heavy atom. The number of pyridine rings is 2. The number of nitrogens with two attached hydrogens (primary N) is 1. The van der Waals surface area contributed by atoms with Gasteiger partial charge in [0.1, 0.15) is 5.03 Å². The Kier molecular flexibility index (Phi) is 9.04. The van der Waals surface area contributed by atoms with Gasteiger partial charge in [0.15, 0.2) is 11.5 Å². The van der Waals surface area contributed by atoms with E-state index in [2.05, 4.69) is 19.4 Å². The lowest BCUT2D eigenvalue weighted by molar-refractivity contribution is -0.0692. The van der Waals surface area contributed by atoms with Crippen molar-refractivity contribution < 1.29 is 35.5 Å². The standard InChI is InChI=1S/C26H21F4N3O4S2/c27-25(28)36-22-6-4-17(13-23(22)37-26(29)30)21(12-16-8-10-32-11-9-16)18-5-7-24(33-15-18)38-19-2-1-3-20(14-19)39(31,34)35/h1-11,13-15,21,25-26H,12H2,(H2,31,34,35). The zero-order valence-corrected chi connectivity index (χ0v) is 21.6. The summed E-state index contributed by atoms with van der Waals surface area (Å²) in [5, 5.41) is 5.77. The third kappa shape index (κ3) is 7.91. The van der Waals surface area contributed by atoms with E-state index in [9.17, 15) is 26.0 Å². The molecule has 4 rings (SSSR count). The topological polar surface area (TPSA) is 104 Å². The van der Waals surface area contributed by atoms with E-state index in [4.69, 9.17) is 5.14 Å². The van der Waals surface area contributed by atoms with Gasteiger partial charge in [0.2, 0.25) is 10.0 Å². The highest BCUT2D eigenvalue weighted by Gasteiger charge is 2.21. The quantitative estimate of drug-likeness (QED) is 0.222. The molecule has 1 unspecified atom stereocenters. The molecule has 0 bridgehead atoms. The number of rotatable bonds is 11. The van der Waals surface area contributed by atoms with Crippen LogP contribution in [0.5, 0.6) is 11.5 Å². The van der Waals surface area contributed by atoms with Crippen molar-refractivity contribution >= 4 is 21.8 Å². The summed E-state index contributed by atoms with van der Waals surface area (Å²) in [7, 11) is -3.86. The molecule has 4 aromatic rings. The Balaban J connectivity index is 1.67. The number of sulfonamides is 1.